The van der Waals surface area contributed by atoms with Gasteiger partial charge in [0.2, 0.25) is 0 Å². The van der Waals surface area contributed by atoms with Crippen molar-refractivity contribution in [2.45, 2.75) is 6.42 Å². The van der Waals surface area contributed by atoms with Gasteiger partial charge in [-0.3, -0.25) is 4.79 Å². The van der Waals surface area contributed by atoms with E-state index in [4.69, 9.17) is 62.7 Å². The van der Waals surface area contributed by atoms with E-state index in [1.54, 1.807) is 0 Å². The predicted octanol–water partition coefficient (Wildman–Crippen LogP) is 5.69. The highest BCUT2D eigenvalue weighted by Gasteiger charge is 2.21. The lowest BCUT2D eigenvalue weighted by molar-refractivity contribution is -0.123. The third kappa shape index (κ3) is 4.84. The number of nitrogens with one attached hydrogen (secondary N) is 1. The molecule has 0 unspecified atom stereocenters. The first kappa shape index (κ1) is 19.5. The monoisotopic (exact) mass is 425 g/mol. The minimum Gasteiger partial charge on any atom is -0.481 e. The molecule has 128 valence electrons. The average molecular weight is 428 g/mol. The Morgan fingerprint density at radius 3 is 2.00 bits per heavy atom. The maximum absolute atomic E-state index is 11.9. The van der Waals surface area contributed by atoms with Crippen molar-refractivity contribution in [2.75, 3.05) is 13.2 Å². The van der Waals surface area contributed by atoms with E-state index in [0.717, 1.165) is 5.56 Å². The topological polar surface area (TPSA) is 38.3 Å². The molecule has 0 heterocycles. The normalized spacial score (nSPS) is 10.5. The summed E-state index contributed by atoms with van der Waals surface area (Å²) in [5, 5.41) is 2.83. The first-order chi connectivity index (χ1) is 11.4. The van der Waals surface area contributed by atoms with Gasteiger partial charge >= 0.3 is 0 Å². The lowest BCUT2D eigenvalue weighted by Gasteiger charge is -2.13. The fourth-order valence-corrected chi connectivity index (χ4v) is 3.12. The van der Waals surface area contributed by atoms with E-state index < -0.39 is 0 Å². The Labute approximate surface area is 164 Å². The van der Waals surface area contributed by atoms with Gasteiger partial charge < -0.3 is 10.1 Å². The molecular weight excluding hydrogens is 415 g/mol. The average Bonchev–Trinajstić information content (AvgIpc) is 2.59. The van der Waals surface area contributed by atoms with Crippen molar-refractivity contribution in [1.29, 1.82) is 0 Å². The maximum Gasteiger partial charge on any atom is 0.257 e. The van der Waals surface area contributed by atoms with Gasteiger partial charge in [0.15, 0.2) is 12.4 Å². The van der Waals surface area contributed by atoms with Crippen molar-refractivity contribution in [1.82, 2.24) is 5.32 Å². The largest absolute Gasteiger partial charge is 0.481 e. The highest BCUT2D eigenvalue weighted by atomic mass is 35.5. The number of benzene rings is 2. The number of hydrogen-bond donors (Lipinski definition) is 1. The van der Waals surface area contributed by atoms with Gasteiger partial charge in [0.05, 0.1) is 15.1 Å². The van der Waals surface area contributed by atoms with Gasteiger partial charge in [0.25, 0.3) is 5.91 Å². The zero-order chi connectivity index (χ0) is 17.7. The molecule has 0 spiro atoms. The number of halogens is 5. The van der Waals surface area contributed by atoms with Crippen molar-refractivity contribution >= 4 is 63.9 Å². The highest BCUT2D eigenvalue weighted by Crippen LogP contribution is 2.48. The van der Waals surface area contributed by atoms with E-state index in [1.807, 2.05) is 30.3 Å². The molecule has 0 atom stereocenters. The molecule has 2 aromatic rings. The van der Waals surface area contributed by atoms with E-state index in [0.29, 0.717) is 13.0 Å². The third-order valence-corrected chi connectivity index (χ3v) is 5.34. The van der Waals surface area contributed by atoms with Crippen molar-refractivity contribution in [3.05, 3.63) is 61.0 Å². The maximum atomic E-state index is 11.9. The van der Waals surface area contributed by atoms with E-state index >= 15 is 0 Å². The standard InChI is InChI=1S/C16H12Cl5NO2/c17-11-12(18)14(20)16(15(21)13(11)19)24-8-10(23)22-7-6-9-4-2-1-3-5-9/h1-5H,6-8H2,(H,22,23). The van der Waals surface area contributed by atoms with Crippen LogP contribution < -0.4 is 10.1 Å². The summed E-state index contributed by atoms with van der Waals surface area (Å²) in [5.74, 6) is -0.295. The van der Waals surface area contributed by atoms with Crippen LogP contribution in [0.25, 0.3) is 0 Å². The van der Waals surface area contributed by atoms with E-state index in [9.17, 15) is 4.79 Å². The van der Waals surface area contributed by atoms with E-state index in [1.165, 1.54) is 0 Å². The molecule has 2 aromatic carbocycles. The van der Waals surface area contributed by atoms with Crippen molar-refractivity contribution < 1.29 is 9.53 Å². The SMILES string of the molecule is O=C(COc1c(Cl)c(Cl)c(Cl)c(Cl)c1Cl)NCCc1ccccc1. The van der Waals surface area contributed by atoms with Gasteiger partial charge in [-0.1, -0.05) is 88.3 Å². The van der Waals surface area contributed by atoms with Crippen LogP contribution in [0.2, 0.25) is 25.1 Å². The Balaban J connectivity index is 1.90. The Hall–Kier alpha value is -0.840. The summed E-state index contributed by atoms with van der Waals surface area (Å²) in [6.45, 7) is 0.207. The molecular formula is C16H12Cl5NO2. The minimum absolute atomic E-state index is 0.00755. The number of carbonyl (C=O) groups excluding carboxylic acids is 1. The molecule has 8 heteroatoms. The smallest absolute Gasteiger partial charge is 0.257 e. The molecule has 0 saturated heterocycles. The van der Waals surface area contributed by atoms with Gasteiger partial charge in [-0.2, -0.15) is 0 Å². The Morgan fingerprint density at radius 2 is 1.42 bits per heavy atom. The second-order valence-corrected chi connectivity index (χ2v) is 6.66. The van der Waals surface area contributed by atoms with Crippen LogP contribution >= 0.6 is 58.0 Å². The van der Waals surface area contributed by atoms with Crippen LogP contribution in [0.1, 0.15) is 5.56 Å². The molecule has 24 heavy (non-hydrogen) atoms. The molecule has 0 aromatic heterocycles. The van der Waals surface area contributed by atoms with Crippen LogP contribution in [0.5, 0.6) is 5.75 Å². The number of carbonyl (C=O) groups is 1. The second kappa shape index (κ2) is 9.02. The van der Waals surface area contributed by atoms with Gasteiger partial charge in [0.1, 0.15) is 10.0 Å². The summed E-state index contributed by atoms with van der Waals surface area (Å²) in [7, 11) is 0. The summed E-state index contributed by atoms with van der Waals surface area (Å²) in [5.41, 5.74) is 1.13. The van der Waals surface area contributed by atoms with Gasteiger partial charge in [0, 0.05) is 6.54 Å². The number of rotatable bonds is 6. The Bertz CT molecular complexity index is 708. The summed E-state index contributed by atoms with van der Waals surface area (Å²) < 4.78 is 5.35. The van der Waals surface area contributed by atoms with Crippen molar-refractivity contribution in [2.24, 2.45) is 0 Å². The number of hydrogen-bond acceptors (Lipinski definition) is 2. The van der Waals surface area contributed by atoms with Gasteiger partial charge in [-0.15, -0.1) is 0 Å². The number of ether oxygens (including phenoxy) is 1. The molecule has 3 nitrogen and oxygen atoms in total. The van der Waals surface area contributed by atoms with E-state index in [-0.39, 0.29) is 43.4 Å². The third-order valence-electron chi connectivity index (χ3n) is 3.10. The molecule has 0 aliphatic carbocycles. The second-order valence-electron chi connectivity index (χ2n) is 4.77. The lowest BCUT2D eigenvalue weighted by atomic mass is 10.1. The molecule has 1 amide bonds. The first-order valence-corrected chi connectivity index (χ1v) is 8.75. The Morgan fingerprint density at radius 1 is 0.875 bits per heavy atom. The molecule has 2 rings (SSSR count). The molecule has 0 radical (unpaired) electrons. The van der Waals surface area contributed by atoms with Crippen LogP contribution in [0.15, 0.2) is 30.3 Å². The van der Waals surface area contributed by atoms with Crippen LogP contribution in [0.4, 0.5) is 0 Å². The van der Waals surface area contributed by atoms with Gasteiger partial charge in [-0.05, 0) is 12.0 Å². The highest BCUT2D eigenvalue weighted by molar-refractivity contribution is 6.55. The van der Waals surface area contributed by atoms with E-state index in [2.05, 4.69) is 5.32 Å². The summed E-state index contributed by atoms with van der Waals surface area (Å²) in [6.07, 6.45) is 0.715. The fourth-order valence-electron chi connectivity index (χ4n) is 1.89. The van der Waals surface area contributed by atoms with Crippen molar-refractivity contribution in [3.63, 3.8) is 0 Å². The van der Waals surface area contributed by atoms with Gasteiger partial charge in [-0.25, -0.2) is 0 Å². The first-order valence-electron chi connectivity index (χ1n) is 6.86. The zero-order valence-corrected chi connectivity index (χ0v) is 16.0. The van der Waals surface area contributed by atoms with Crippen LogP contribution in [-0.4, -0.2) is 19.1 Å². The molecule has 1 N–H and O–H groups in total. The fraction of sp³-hybridized carbons (Fsp3) is 0.188. The molecule has 0 saturated carbocycles. The molecule has 0 aliphatic heterocycles. The lowest BCUT2D eigenvalue weighted by Crippen LogP contribution is -2.30. The quantitative estimate of drug-likeness (QED) is 0.475. The Kier molecular flexibility index (Phi) is 7.33. The van der Waals surface area contributed by atoms with Crippen molar-refractivity contribution in [3.8, 4) is 5.75 Å². The predicted molar refractivity (Wildman–Crippen MR) is 100 cm³/mol. The minimum atomic E-state index is -0.319. The summed E-state index contributed by atoms with van der Waals surface area (Å²) >= 11 is 29.8. The molecule has 0 aliphatic rings. The zero-order valence-electron chi connectivity index (χ0n) is 12.2. The van der Waals surface area contributed by atoms with Crippen LogP contribution in [0.3, 0.4) is 0 Å². The molecule has 0 bridgehead atoms. The van der Waals surface area contributed by atoms with Crippen LogP contribution in [-0.2, 0) is 11.2 Å². The summed E-state index contributed by atoms with van der Waals surface area (Å²) in [6, 6.07) is 9.79. The molecule has 0 fully saturated rings. The van der Waals surface area contributed by atoms with Crippen LogP contribution in [0, 0.1) is 0 Å². The number of amides is 1. The summed E-state index contributed by atoms with van der Waals surface area (Å²) in [4.78, 5) is 11.9.